The lowest BCUT2D eigenvalue weighted by atomic mass is 10.2. The summed E-state index contributed by atoms with van der Waals surface area (Å²) < 4.78 is 4.66. The number of aromatic nitrogens is 1. The molecule has 4 nitrogen and oxygen atoms in total. The summed E-state index contributed by atoms with van der Waals surface area (Å²) in [6.45, 7) is 1.95. The highest BCUT2D eigenvalue weighted by molar-refractivity contribution is 7.13. The summed E-state index contributed by atoms with van der Waals surface area (Å²) in [5.41, 5.74) is 1.65. The number of aryl methyl sites for hydroxylation is 1. The third-order valence-corrected chi connectivity index (χ3v) is 2.85. The average molecular weight is 209 g/mol. The van der Waals surface area contributed by atoms with Gasteiger partial charge in [0.05, 0.1) is 4.88 Å². The van der Waals surface area contributed by atoms with E-state index in [2.05, 4.69) is 9.68 Å². The Bertz CT molecular complexity index is 472. The molecular weight excluding hydrogens is 202 g/mol. The Balaban J connectivity index is 2.43. The summed E-state index contributed by atoms with van der Waals surface area (Å²) in [5.74, 6) is -1.23. The van der Waals surface area contributed by atoms with E-state index in [-0.39, 0.29) is 5.76 Å². The van der Waals surface area contributed by atoms with Crippen molar-refractivity contribution in [3.63, 3.8) is 0 Å². The molecule has 14 heavy (non-hydrogen) atoms. The summed E-state index contributed by atoms with van der Waals surface area (Å²) in [6, 6.07) is 3.39. The SMILES string of the molecule is Cc1ccsc1-c1cc(C(=O)O)on1. The van der Waals surface area contributed by atoms with Gasteiger partial charge < -0.3 is 9.63 Å². The van der Waals surface area contributed by atoms with Crippen molar-refractivity contribution < 1.29 is 14.4 Å². The molecule has 2 rings (SSSR count). The van der Waals surface area contributed by atoms with Crippen LogP contribution in [-0.2, 0) is 0 Å². The second kappa shape index (κ2) is 3.26. The minimum atomic E-state index is -1.10. The van der Waals surface area contributed by atoms with Gasteiger partial charge in [-0.05, 0) is 23.9 Å². The van der Waals surface area contributed by atoms with E-state index < -0.39 is 5.97 Å². The molecule has 72 valence electrons. The fourth-order valence-corrected chi connectivity index (χ4v) is 2.00. The fourth-order valence-electron chi connectivity index (χ4n) is 1.12. The van der Waals surface area contributed by atoms with Crippen molar-refractivity contribution in [3.05, 3.63) is 28.8 Å². The lowest BCUT2D eigenvalue weighted by Gasteiger charge is -1.89. The van der Waals surface area contributed by atoms with E-state index in [1.807, 2.05) is 18.4 Å². The van der Waals surface area contributed by atoms with Gasteiger partial charge in [-0.1, -0.05) is 5.16 Å². The molecule has 0 saturated heterocycles. The Kier molecular flexibility index (Phi) is 2.09. The van der Waals surface area contributed by atoms with E-state index in [1.54, 1.807) is 0 Å². The minimum absolute atomic E-state index is 0.132. The summed E-state index contributed by atoms with van der Waals surface area (Å²) in [4.78, 5) is 11.5. The van der Waals surface area contributed by atoms with Crippen LogP contribution in [0.3, 0.4) is 0 Å². The quantitative estimate of drug-likeness (QED) is 0.824. The number of carboxylic acid groups (broad SMARTS) is 1. The number of carboxylic acids is 1. The molecule has 0 aliphatic heterocycles. The van der Waals surface area contributed by atoms with Crippen molar-refractivity contribution in [2.45, 2.75) is 6.92 Å². The molecule has 0 aliphatic rings. The molecule has 0 fully saturated rings. The monoisotopic (exact) mass is 209 g/mol. The maximum absolute atomic E-state index is 10.5. The second-order valence-electron chi connectivity index (χ2n) is 2.81. The van der Waals surface area contributed by atoms with E-state index in [0.717, 1.165) is 10.4 Å². The molecule has 0 bridgehead atoms. The Morgan fingerprint density at radius 2 is 2.43 bits per heavy atom. The zero-order valence-electron chi connectivity index (χ0n) is 7.35. The lowest BCUT2D eigenvalue weighted by Crippen LogP contribution is -1.91. The van der Waals surface area contributed by atoms with Gasteiger partial charge in [0.15, 0.2) is 0 Å². The Labute approximate surface area is 83.8 Å². The van der Waals surface area contributed by atoms with Gasteiger partial charge in [-0.2, -0.15) is 0 Å². The number of hydrogen-bond donors (Lipinski definition) is 1. The van der Waals surface area contributed by atoms with Gasteiger partial charge >= 0.3 is 5.97 Å². The van der Waals surface area contributed by atoms with Crippen LogP contribution in [0.1, 0.15) is 16.1 Å². The molecule has 2 aromatic rings. The molecule has 0 spiro atoms. The first-order chi connectivity index (χ1) is 6.68. The molecule has 0 aliphatic carbocycles. The highest BCUT2D eigenvalue weighted by atomic mass is 32.1. The van der Waals surface area contributed by atoms with Crippen LogP contribution < -0.4 is 0 Å². The molecule has 0 amide bonds. The van der Waals surface area contributed by atoms with Gasteiger partial charge in [0.2, 0.25) is 5.76 Å². The van der Waals surface area contributed by atoms with Crippen molar-refractivity contribution in [1.82, 2.24) is 5.16 Å². The number of rotatable bonds is 2. The first-order valence-corrected chi connectivity index (χ1v) is 4.81. The Morgan fingerprint density at radius 1 is 1.64 bits per heavy atom. The highest BCUT2D eigenvalue weighted by Gasteiger charge is 2.14. The molecule has 0 atom stereocenters. The Hall–Kier alpha value is -1.62. The Morgan fingerprint density at radius 3 is 2.93 bits per heavy atom. The predicted molar refractivity (Wildman–Crippen MR) is 51.5 cm³/mol. The van der Waals surface area contributed by atoms with Crippen LogP contribution in [0, 0.1) is 6.92 Å². The zero-order chi connectivity index (χ0) is 10.1. The van der Waals surface area contributed by atoms with Crippen LogP contribution in [-0.4, -0.2) is 16.2 Å². The van der Waals surface area contributed by atoms with Crippen LogP contribution in [0.4, 0.5) is 0 Å². The van der Waals surface area contributed by atoms with E-state index in [4.69, 9.17) is 5.11 Å². The first kappa shape index (κ1) is 8.96. The van der Waals surface area contributed by atoms with Gasteiger partial charge in [0.1, 0.15) is 5.69 Å². The van der Waals surface area contributed by atoms with Crippen LogP contribution in [0.2, 0.25) is 0 Å². The summed E-state index contributed by atoms with van der Waals surface area (Å²) in [7, 11) is 0. The summed E-state index contributed by atoms with van der Waals surface area (Å²) in [6.07, 6.45) is 0. The zero-order valence-corrected chi connectivity index (χ0v) is 8.17. The molecule has 0 saturated carbocycles. The minimum Gasteiger partial charge on any atom is -0.475 e. The molecule has 5 heteroatoms. The second-order valence-corrected chi connectivity index (χ2v) is 3.73. The van der Waals surface area contributed by atoms with Crippen LogP contribution in [0.5, 0.6) is 0 Å². The topological polar surface area (TPSA) is 63.3 Å². The normalized spacial score (nSPS) is 10.4. The largest absolute Gasteiger partial charge is 0.475 e. The number of hydrogen-bond acceptors (Lipinski definition) is 4. The van der Waals surface area contributed by atoms with E-state index in [0.29, 0.717) is 5.69 Å². The van der Waals surface area contributed by atoms with E-state index in [1.165, 1.54) is 17.4 Å². The smallest absolute Gasteiger partial charge is 0.374 e. The number of thiophene rings is 1. The molecule has 0 aromatic carbocycles. The molecular formula is C9H7NO3S. The molecule has 2 aromatic heterocycles. The van der Waals surface area contributed by atoms with Crippen molar-refractivity contribution in [2.75, 3.05) is 0 Å². The summed E-state index contributed by atoms with van der Waals surface area (Å²) in [5, 5.41) is 14.3. The molecule has 2 heterocycles. The maximum atomic E-state index is 10.5. The van der Waals surface area contributed by atoms with Crippen molar-refractivity contribution in [1.29, 1.82) is 0 Å². The van der Waals surface area contributed by atoms with Gasteiger partial charge in [0.25, 0.3) is 0 Å². The maximum Gasteiger partial charge on any atom is 0.374 e. The standard InChI is InChI=1S/C9H7NO3S/c1-5-2-3-14-8(5)6-4-7(9(11)12)13-10-6/h2-4H,1H3,(H,11,12). The van der Waals surface area contributed by atoms with Crippen LogP contribution in [0.15, 0.2) is 22.0 Å². The third kappa shape index (κ3) is 1.42. The molecule has 1 N–H and O–H groups in total. The summed E-state index contributed by atoms with van der Waals surface area (Å²) >= 11 is 1.51. The predicted octanol–water partition coefficient (Wildman–Crippen LogP) is 2.41. The van der Waals surface area contributed by atoms with Gasteiger partial charge in [-0.25, -0.2) is 4.79 Å². The third-order valence-electron chi connectivity index (χ3n) is 1.82. The van der Waals surface area contributed by atoms with Crippen LogP contribution >= 0.6 is 11.3 Å². The lowest BCUT2D eigenvalue weighted by molar-refractivity contribution is 0.0652. The highest BCUT2D eigenvalue weighted by Crippen LogP contribution is 2.28. The first-order valence-electron chi connectivity index (χ1n) is 3.93. The number of aromatic carboxylic acids is 1. The van der Waals surface area contributed by atoms with Crippen molar-refractivity contribution in [2.24, 2.45) is 0 Å². The van der Waals surface area contributed by atoms with Gasteiger partial charge in [-0.15, -0.1) is 11.3 Å². The van der Waals surface area contributed by atoms with E-state index >= 15 is 0 Å². The van der Waals surface area contributed by atoms with Crippen molar-refractivity contribution in [3.8, 4) is 10.6 Å². The van der Waals surface area contributed by atoms with Crippen LogP contribution in [0.25, 0.3) is 10.6 Å². The number of carbonyl (C=O) groups is 1. The van der Waals surface area contributed by atoms with Gasteiger partial charge in [0, 0.05) is 6.07 Å². The van der Waals surface area contributed by atoms with Crippen molar-refractivity contribution >= 4 is 17.3 Å². The van der Waals surface area contributed by atoms with E-state index in [9.17, 15) is 4.79 Å². The molecule has 0 radical (unpaired) electrons. The number of nitrogens with zero attached hydrogens (tertiary/aromatic N) is 1. The molecule has 0 unspecified atom stereocenters. The van der Waals surface area contributed by atoms with Gasteiger partial charge in [-0.3, -0.25) is 0 Å². The fraction of sp³-hybridized carbons (Fsp3) is 0.111. The average Bonchev–Trinajstić information content (AvgIpc) is 2.71.